The fourth-order valence-electron chi connectivity index (χ4n) is 8.04. The van der Waals surface area contributed by atoms with Crippen LogP contribution in [0.4, 0.5) is 0 Å². The second kappa shape index (κ2) is 18.3. The molecule has 2 fully saturated rings. The molecule has 0 bridgehead atoms. The first-order valence-electron chi connectivity index (χ1n) is 21.9. The summed E-state index contributed by atoms with van der Waals surface area (Å²) in [7, 11) is 3.15. The van der Waals surface area contributed by atoms with Gasteiger partial charge in [-0.2, -0.15) is 0 Å². The zero-order valence-electron chi connectivity index (χ0n) is 37.7. The number of amidine groups is 2. The van der Waals surface area contributed by atoms with Crippen molar-refractivity contribution in [2.24, 2.45) is 27.7 Å². The zero-order valence-corrected chi connectivity index (χ0v) is 39.3. The molecule has 2 aliphatic carbocycles. The smallest absolute Gasteiger partial charge is 0.238 e. The van der Waals surface area contributed by atoms with Crippen molar-refractivity contribution < 1.29 is 23.9 Å². The number of oxime groups is 1. The minimum Gasteiger partial charge on any atom is -0.479 e. The number of nitrogens with one attached hydrogen (secondary N) is 1. The summed E-state index contributed by atoms with van der Waals surface area (Å²) in [6.07, 6.45) is 10.7. The lowest BCUT2D eigenvalue weighted by atomic mass is 9.97. The van der Waals surface area contributed by atoms with E-state index < -0.39 is 6.10 Å². The Labute approximate surface area is 393 Å². The molecule has 17 nitrogen and oxygen atoms in total. The van der Waals surface area contributed by atoms with Crippen molar-refractivity contribution in [3.8, 4) is 23.1 Å². The Balaban J connectivity index is 0.000000157. The molecule has 8 aromatic rings. The molecular formula is C48H48N12O5S2. The van der Waals surface area contributed by atoms with E-state index in [9.17, 15) is 4.79 Å². The standard InChI is InChI=1S/C24H24N6O3S.C24H24N6O2S/c1-13-11-30(12-26-13)19-8-7-17(28-24(19)32-3)23(25)29-33-22(15-4-5-15)21(31)16-6-9-20-18(10-16)27-14(2)34-20;1-13-11-30(12-25-13)19-8-7-17(27-24(19)31-3)23-28-21(22(32-29-23)15-4-5-15)16-6-9-20-18(10-16)26-14(2)33-20/h6-12,15,22H,4-5H2,1-3H3,(H2,25,29);6-12,15,21-22H,4-5H2,1-3H3,(H,28,29). The number of pyridine rings is 2. The fourth-order valence-corrected chi connectivity index (χ4v) is 9.65. The first-order chi connectivity index (χ1) is 32.5. The van der Waals surface area contributed by atoms with E-state index in [1.165, 1.54) is 11.8 Å². The maximum absolute atomic E-state index is 13.2. The van der Waals surface area contributed by atoms with E-state index >= 15 is 0 Å². The van der Waals surface area contributed by atoms with Crippen LogP contribution in [0.1, 0.15) is 80.4 Å². The van der Waals surface area contributed by atoms with Crippen molar-refractivity contribution in [2.75, 3.05) is 14.2 Å². The van der Waals surface area contributed by atoms with E-state index in [4.69, 9.17) is 34.9 Å². The van der Waals surface area contributed by atoms with Gasteiger partial charge < -0.3 is 29.2 Å². The summed E-state index contributed by atoms with van der Waals surface area (Å²) >= 11 is 3.31. The lowest BCUT2D eigenvalue weighted by Gasteiger charge is -2.30. The number of aromatic nitrogens is 8. The molecule has 342 valence electrons. The summed E-state index contributed by atoms with van der Waals surface area (Å²) in [5.41, 5.74) is 17.1. The van der Waals surface area contributed by atoms with Crippen molar-refractivity contribution >= 4 is 60.6 Å². The van der Waals surface area contributed by atoms with Crippen LogP contribution < -0.4 is 20.7 Å². The number of aryl methyl sites for hydroxylation is 4. The summed E-state index contributed by atoms with van der Waals surface area (Å²) in [6.45, 7) is 7.84. The largest absolute Gasteiger partial charge is 0.479 e. The summed E-state index contributed by atoms with van der Waals surface area (Å²) in [5, 5.41) is 6.10. The number of carbonyl (C=O) groups excluding carboxylic acids is 1. The van der Waals surface area contributed by atoms with Gasteiger partial charge >= 0.3 is 0 Å². The molecule has 3 aliphatic rings. The van der Waals surface area contributed by atoms with Crippen molar-refractivity contribution in [1.82, 2.24) is 44.5 Å². The number of ether oxygens (including phenoxy) is 2. The minimum atomic E-state index is -0.703. The fraction of sp³-hybridized carbons (Fsp3) is 0.312. The van der Waals surface area contributed by atoms with Crippen LogP contribution in [-0.4, -0.2) is 82.9 Å². The number of hydrogen-bond donors (Lipinski definition) is 2. The van der Waals surface area contributed by atoms with Crippen LogP contribution in [0.25, 0.3) is 31.8 Å². The Bertz CT molecular complexity index is 3200. The summed E-state index contributed by atoms with van der Waals surface area (Å²) in [4.78, 5) is 57.0. The average molecular weight is 937 g/mol. The summed E-state index contributed by atoms with van der Waals surface area (Å²) in [5.74, 6) is 2.03. The molecule has 7 heterocycles. The second-order valence-corrected chi connectivity index (χ2v) is 19.3. The van der Waals surface area contributed by atoms with E-state index in [-0.39, 0.29) is 29.7 Å². The molecule has 0 spiro atoms. The molecule has 0 radical (unpaired) electrons. The highest BCUT2D eigenvalue weighted by Crippen LogP contribution is 2.43. The van der Waals surface area contributed by atoms with Gasteiger partial charge in [-0.25, -0.2) is 35.4 Å². The third kappa shape index (κ3) is 9.34. The van der Waals surface area contributed by atoms with Crippen molar-refractivity contribution in [3.63, 3.8) is 0 Å². The van der Waals surface area contributed by atoms with E-state index in [0.29, 0.717) is 40.5 Å². The van der Waals surface area contributed by atoms with Crippen molar-refractivity contribution in [3.05, 3.63) is 130 Å². The molecule has 0 amide bonds. The number of fused-ring (bicyclic) bond motifs is 2. The number of rotatable bonds is 13. The highest BCUT2D eigenvalue weighted by atomic mass is 32.1. The molecule has 11 rings (SSSR count). The topological polar surface area (TPSA) is 204 Å². The maximum atomic E-state index is 13.2. The molecular weight excluding hydrogens is 889 g/mol. The van der Waals surface area contributed by atoms with Crippen LogP contribution in [0.15, 0.2) is 95.9 Å². The Morgan fingerprint density at radius 3 is 2.03 bits per heavy atom. The molecule has 3 unspecified atom stereocenters. The molecule has 1 aliphatic heterocycles. The molecule has 3 N–H and O–H groups in total. The van der Waals surface area contributed by atoms with Gasteiger partial charge in [0.2, 0.25) is 17.5 Å². The van der Waals surface area contributed by atoms with Gasteiger partial charge in [-0.1, -0.05) is 11.2 Å². The first kappa shape index (κ1) is 43.8. The maximum Gasteiger partial charge on any atom is 0.238 e. The Morgan fingerprint density at radius 1 is 0.791 bits per heavy atom. The number of thiazole rings is 2. The number of carbonyl (C=O) groups is 1. The van der Waals surface area contributed by atoms with Gasteiger partial charge in [-0.05, 0) is 119 Å². The number of benzene rings is 2. The van der Waals surface area contributed by atoms with Gasteiger partial charge in [0.1, 0.15) is 34.9 Å². The number of aliphatic imine (C=N–C) groups is 1. The second-order valence-electron chi connectivity index (χ2n) is 16.8. The summed E-state index contributed by atoms with van der Waals surface area (Å²) < 4.78 is 17.0. The number of hydroxylamine groups is 1. The number of methoxy groups -OCH3 is 2. The SMILES string of the molecule is COc1nc(/C(N)=N/OC(C(=O)c2ccc3sc(C)nc3c2)C2CC2)ccc1-n1cnc(C)c1.COc1nc(C2=NC(c3ccc4sc(C)nc4c3)C(C3CC3)ON2)ccc1-n1cnc(C)c1. The number of hydrogen-bond acceptors (Lipinski definition) is 16. The Morgan fingerprint density at radius 2 is 1.42 bits per heavy atom. The molecule has 2 saturated carbocycles. The normalized spacial score (nSPS) is 17.6. The Kier molecular flexibility index (Phi) is 12.0. The van der Waals surface area contributed by atoms with Crippen molar-refractivity contribution in [2.45, 2.75) is 71.6 Å². The molecule has 3 atom stereocenters. The van der Waals surface area contributed by atoms with Crippen LogP contribution in [0.5, 0.6) is 11.8 Å². The third-order valence-electron chi connectivity index (χ3n) is 11.7. The first-order valence-corrected chi connectivity index (χ1v) is 23.5. The number of nitrogens with two attached hydrogens (primary N) is 1. The number of Topliss-reactive ketones (excluding diaryl/α,β-unsaturated/α-hetero) is 1. The minimum absolute atomic E-state index is 0.0129. The number of ketones is 1. The molecule has 6 aromatic heterocycles. The van der Waals surface area contributed by atoms with E-state index in [0.717, 1.165) is 79.8 Å². The average Bonchev–Trinajstić information content (AvgIpc) is 4.20. The lowest BCUT2D eigenvalue weighted by Crippen LogP contribution is -2.40. The number of imidazole rings is 2. The summed E-state index contributed by atoms with van der Waals surface area (Å²) in [6, 6.07) is 19.3. The van der Waals surface area contributed by atoms with E-state index in [1.807, 2.05) is 85.6 Å². The number of nitrogens with zero attached hydrogens (tertiary/aromatic N) is 10. The van der Waals surface area contributed by atoms with Gasteiger partial charge in [-0.15, -0.1) is 22.7 Å². The molecule has 67 heavy (non-hydrogen) atoms. The van der Waals surface area contributed by atoms with Crippen LogP contribution >= 0.6 is 22.7 Å². The van der Waals surface area contributed by atoms with Crippen LogP contribution in [0.2, 0.25) is 0 Å². The third-order valence-corrected chi connectivity index (χ3v) is 13.6. The van der Waals surface area contributed by atoms with Crippen LogP contribution in [0, 0.1) is 39.5 Å². The van der Waals surface area contributed by atoms with Gasteiger partial charge in [0.15, 0.2) is 17.8 Å². The zero-order chi connectivity index (χ0) is 46.3. The van der Waals surface area contributed by atoms with Gasteiger partial charge in [-0.3, -0.25) is 14.6 Å². The molecule has 19 heteroatoms. The van der Waals surface area contributed by atoms with Gasteiger partial charge in [0, 0.05) is 23.9 Å². The highest BCUT2D eigenvalue weighted by Gasteiger charge is 2.42. The lowest BCUT2D eigenvalue weighted by molar-refractivity contribution is -0.0292. The molecule has 2 aromatic carbocycles. The van der Waals surface area contributed by atoms with E-state index in [2.05, 4.69) is 53.8 Å². The van der Waals surface area contributed by atoms with Gasteiger partial charge in [0.25, 0.3) is 0 Å². The predicted molar refractivity (Wildman–Crippen MR) is 257 cm³/mol. The van der Waals surface area contributed by atoms with Crippen LogP contribution in [0.3, 0.4) is 0 Å². The monoisotopic (exact) mass is 936 g/mol. The molecule has 0 saturated heterocycles. The van der Waals surface area contributed by atoms with Gasteiger partial charge in [0.05, 0.1) is 68.7 Å². The van der Waals surface area contributed by atoms with Crippen molar-refractivity contribution in [1.29, 1.82) is 0 Å². The van der Waals surface area contributed by atoms with E-state index in [1.54, 1.807) is 48.5 Å². The Hall–Kier alpha value is -7.09. The quantitative estimate of drug-likeness (QED) is 0.0486. The highest BCUT2D eigenvalue weighted by molar-refractivity contribution is 7.18. The van der Waals surface area contributed by atoms with Crippen LogP contribution in [-0.2, 0) is 9.68 Å². The predicted octanol–water partition coefficient (Wildman–Crippen LogP) is 8.10.